The Kier molecular flexibility index (Phi) is 5.76. The Hall–Kier alpha value is -2.34. The van der Waals surface area contributed by atoms with Gasteiger partial charge < -0.3 is 5.32 Å². The molecule has 0 unspecified atom stereocenters. The number of hydrogen-bond acceptors (Lipinski definition) is 3. The average molecular weight is 332 g/mol. The fourth-order valence-corrected chi connectivity index (χ4v) is 3.07. The summed E-state index contributed by atoms with van der Waals surface area (Å²) in [5.41, 5.74) is 2.50. The lowest BCUT2D eigenvalue weighted by Crippen LogP contribution is -2.32. The molecule has 6 heteroatoms. The van der Waals surface area contributed by atoms with Crippen molar-refractivity contribution in [3.8, 4) is 0 Å². The lowest BCUT2D eigenvalue weighted by atomic mass is 10.1. The highest BCUT2D eigenvalue weighted by Gasteiger charge is 2.11. The predicted molar refractivity (Wildman–Crippen MR) is 91.7 cm³/mol. The molecular formula is C17H20N2O3S. The van der Waals surface area contributed by atoms with Crippen molar-refractivity contribution in [2.75, 3.05) is 17.0 Å². The molecule has 1 amide bonds. The fraction of sp³-hybridized carbons (Fsp3) is 0.235. The maximum Gasteiger partial charge on any atom is 0.234 e. The number of rotatable bonds is 7. The quantitative estimate of drug-likeness (QED) is 0.815. The first-order valence-corrected chi connectivity index (χ1v) is 8.98. The second-order valence-corrected chi connectivity index (χ2v) is 7.08. The van der Waals surface area contributed by atoms with Gasteiger partial charge in [-0.15, -0.1) is 0 Å². The SMILES string of the molecule is Cc1ccccc1CC(=O)NCCS(=O)(=O)Nc1ccccc1. The van der Waals surface area contributed by atoms with Crippen LogP contribution in [0.15, 0.2) is 54.6 Å². The van der Waals surface area contributed by atoms with E-state index in [1.165, 1.54) is 0 Å². The highest BCUT2D eigenvalue weighted by molar-refractivity contribution is 7.92. The molecule has 122 valence electrons. The molecule has 0 heterocycles. The third-order valence-electron chi connectivity index (χ3n) is 3.35. The van der Waals surface area contributed by atoms with Crippen LogP contribution in [0.25, 0.3) is 0 Å². The Morgan fingerprint density at radius 2 is 1.65 bits per heavy atom. The smallest absolute Gasteiger partial charge is 0.234 e. The van der Waals surface area contributed by atoms with Crippen LogP contribution in [0.1, 0.15) is 11.1 Å². The van der Waals surface area contributed by atoms with Gasteiger partial charge in [0.25, 0.3) is 0 Å². The molecular weight excluding hydrogens is 312 g/mol. The van der Waals surface area contributed by atoms with Crippen LogP contribution < -0.4 is 10.0 Å². The number of para-hydroxylation sites is 1. The third kappa shape index (κ3) is 5.75. The van der Waals surface area contributed by atoms with Crippen molar-refractivity contribution in [3.63, 3.8) is 0 Å². The molecule has 0 saturated heterocycles. The van der Waals surface area contributed by atoms with E-state index in [4.69, 9.17) is 0 Å². The van der Waals surface area contributed by atoms with E-state index in [-0.39, 0.29) is 24.6 Å². The van der Waals surface area contributed by atoms with Crippen molar-refractivity contribution in [1.82, 2.24) is 5.32 Å². The number of anilines is 1. The largest absolute Gasteiger partial charge is 0.355 e. The van der Waals surface area contributed by atoms with Gasteiger partial charge in [-0.25, -0.2) is 8.42 Å². The van der Waals surface area contributed by atoms with Crippen LogP contribution >= 0.6 is 0 Å². The summed E-state index contributed by atoms with van der Waals surface area (Å²) in [4.78, 5) is 11.9. The first-order chi connectivity index (χ1) is 11.0. The van der Waals surface area contributed by atoms with Crippen LogP contribution in [0.3, 0.4) is 0 Å². The predicted octanol–water partition coefficient (Wildman–Crippen LogP) is 2.10. The van der Waals surface area contributed by atoms with Gasteiger partial charge in [-0.05, 0) is 30.2 Å². The lowest BCUT2D eigenvalue weighted by molar-refractivity contribution is -0.120. The molecule has 0 bridgehead atoms. The summed E-state index contributed by atoms with van der Waals surface area (Å²) in [5, 5.41) is 2.64. The van der Waals surface area contributed by atoms with E-state index >= 15 is 0 Å². The van der Waals surface area contributed by atoms with Gasteiger partial charge in [-0.3, -0.25) is 9.52 Å². The van der Waals surface area contributed by atoms with E-state index in [0.717, 1.165) is 11.1 Å². The van der Waals surface area contributed by atoms with Crippen LogP contribution in [-0.4, -0.2) is 26.6 Å². The summed E-state index contributed by atoms with van der Waals surface area (Å²) in [6.07, 6.45) is 0.249. The van der Waals surface area contributed by atoms with Gasteiger partial charge in [0.1, 0.15) is 0 Å². The van der Waals surface area contributed by atoms with Crippen LogP contribution in [0.2, 0.25) is 0 Å². The molecule has 0 saturated carbocycles. The second-order valence-electron chi connectivity index (χ2n) is 5.24. The summed E-state index contributed by atoms with van der Waals surface area (Å²) in [6, 6.07) is 16.3. The van der Waals surface area contributed by atoms with Gasteiger partial charge in [0.2, 0.25) is 15.9 Å². The molecule has 0 aromatic heterocycles. The molecule has 0 aliphatic heterocycles. The zero-order chi connectivity index (χ0) is 16.7. The molecule has 0 aliphatic carbocycles. The lowest BCUT2D eigenvalue weighted by Gasteiger charge is -2.09. The van der Waals surface area contributed by atoms with Crippen molar-refractivity contribution < 1.29 is 13.2 Å². The van der Waals surface area contributed by atoms with E-state index < -0.39 is 10.0 Å². The van der Waals surface area contributed by atoms with Crippen molar-refractivity contribution >= 4 is 21.6 Å². The third-order valence-corrected chi connectivity index (χ3v) is 4.64. The topological polar surface area (TPSA) is 75.3 Å². The molecule has 23 heavy (non-hydrogen) atoms. The Balaban J connectivity index is 1.80. The Morgan fingerprint density at radius 1 is 1.00 bits per heavy atom. The zero-order valence-electron chi connectivity index (χ0n) is 13.0. The minimum Gasteiger partial charge on any atom is -0.355 e. The van der Waals surface area contributed by atoms with Gasteiger partial charge in [0.15, 0.2) is 0 Å². The van der Waals surface area contributed by atoms with Gasteiger partial charge in [-0.2, -0.15) is 0 Å². The van der Waals surface area contributed by atoms with E-state index in [1.807, 2.05) is 37.3 Å². The highest BCUT2D eigenvalue weighted by Crippen LogP contribution is 2.08. The standard InChI is InChI=1S/C17H20N2O3S/c1-14-7-5-6-8-15(14)13-17(20)18-11-12-23(21,22)19-16-9-3-2-4-10-16/h2-10,19H,11-13H2,1H3,(H,18,20). The van der Waals surface area contributed by atoms with Crippen LogP contribution in [-0.2, 0) is 21.2 Å². The summed E-state index contributed by atoms with van der Waals surface area (Å²) < 4.78 is 26.3. The summed E-state index contributed by atoms with van der Waals surface area (Å²) in [7, 11) is -3.48. The normalized spacial score (nSPS) is 11.0. The first kappa shape index (κ1) is 17.0. The Morgan fingerprint density at radius 3 is 2.35 bits per heavy atom. The summed E-state index contributed by atoms with van der Waals surface area (Å²) in [6.45, 7) is 2.02. The molecule has 2 aromatic rings. The van der Waals surface area contributed by atoms with Crippen molar-refractivity contribution in [2.45, 2.75) is 13.3 Å². The number of hydrogen-bond donors (Lipinski definition) is 2. The molecule has 0 radical (unpaired) electrons. The highest BCUT2D eigenvalue weighted by atomic mass is 32.2. The van der Waals surface area contributed by atoms with Gasteiger partial charge in [0.05, 0.1) is 12.2 Å². The number of aryl methyl sites for hydroxylation is 1. The zero-order valence-corrected chi connectivity index (χ0v) is 13.8. The number of benzene rings is 2. The van der Waals surface area contributed by atoms with Crippen LogP contribution in [0.4, 0.5) is 5.69 Å². The second kappa shape index (κ2) is 7.78. The monoisotopic (exact) mass is 332 g/mol. The average Bonchev–Trinajstić information content (AvgIpc) is 2.50. The minimum absolute atomic E-state index is 0.0763. The van der Waals surface area contributed by atoms with Gasteiger partial charge >= 0.3 is 0 Å². The van der Waals surface area contributed by atoms with E-state index in [1.54, 1.807) is 24.3 Å². The number of sulfonamides is 1. The van der Waals surface area contributed by atoms with Crippen molar-refractivity contribution in [3.05, 3.63) is 65.7 Å². The fourth-order valence-electron chi connectivity index (χ4n) is 2.11. The summed E-state index contributed by atoms with van der Waals surface area (Å²) in [5.74, 6) is -0.351. The number of carbonyl (C=O) groups excluding carboxylic acids is 1. The molecule has 2 N–H and O–H groups in total. The molecule has 0 aliphatic rings. The molecule has 0 fully saturated rings. The first-order valence-electron chi connectivity index (χ1n) is 7.33. The molecule has 2 rings (SSSR count). The van der Waals surface area contributed by atoms with Crippen molar-refractivity contribution in [1.29, 1.82) is 0 Å². The maximum atomic E-state index is 11.9. The Bertz CT molecular complexity index is 758. The van der Waals surface area contributed by atoms with Crippen molar-refractivity contribution in [2.24, 2.45) is 0 Å². The van der Waals surface area contributed by atoms with Crippen LogP contribution in [0, 0.1) is 6.92 Å². The Labute approximate surface area is 136 Å². The molecule has 0 spiro atoms. The molecule has 5 nitrogen and oxygen atoms in total. The number of nitrogens with one attached hydrogen (secondary N) is 2. The number of carbonyl (C=O) groups is 1. The van der Waals surface area contributed by atoms with E-state index in [9.17, 15) is 13.2 Å². The van der Waals surface area contributed by atoms with Crippen LogP contribution in [0.5, 0.6) is 0 Å². The van der Waals surface area contributed by atoms with Gasteiger partial charge in [-0.1, -0.05) is 42.5 Å². The maximum absolute atomic E-state index is 11.9. The van der Waals surface area contributed by atoms with E-state index in [0.29, 0.717) is 5.69 Å². The number of amides is 1. The summed E-state index contributed by atoms with van der Waals surface area (Å²) >= 11 is 0. The molecule has 0 atom stereocenters. The van der Waals surface area contributed by atoms with Gasteiger partial charge in [0, 0.05) is 12.2 Å². The minimum atomic E-state index is -3.48. The molecule has 2 aromatic carbocycles. The van der Waals surface area contributed by atoms with E-state index in [2.05, 4.69) is 10.0 Å².